The summed E-state index contributed by atoms with van der Waals surface area (Å²) in [6.45, 7) is 7.29. The zero-order valence-electron chi connectivity index (χ0n) is 9.34. The largest absolute Gasteiger partial charge is 0.330 e. The Balaban J connectivity index is 2.47. The summed E-state index contributed by atoms with van der Waals surface area (Å²) < 4.78 is 0. The topological polar surface area (TPSA) is 29.3 Å². The highest BCUT2D eigenvalue weighted by Gasteiger charge is 2.05. The molecule has 3 heteroatoms. The SMILES string of the molecule is Cc1cc(CN(C)CCCN)c(C)s1. The normalized spacial score (nSPS) is 11.2. The minimum atomic E-state index is 0.784. The molecule has 0 aliphatic carbocycles. The van der Waals surface area contributed by atoms with Crippen LogP contribution in [0.2, 0.25) is 0 Å². The summed E-state index contributed by atoms with van der Waals surface area (Å²) in [6, 6.07) is 2.29. The quantitative estimate of drug-likeness (QED) is 0.810. The van der Waals surface area contributed by atoms with Crippen LogP contribution >= 0.6 is 11.3 Å². The van der Waals surface area contributed by atoms with E-state index in [-0.39, 0.29) is 0 Å². The highest BCUT2D eigenvalue weighted by atomic mass is 32.1. The maximum atomic E-state index is 5.48. The zero-order valence-corrected chi connectivity index (χ0v) is 10.2. The molecule has 0 radical (unpaired) electrons. The van der Waals surface area contributed by atoms with Gasteiger partial charge in [-0.1, -0.05) is 0 Å². The second-order valence-corrected chi connectivity index (χ2v) is 5.28. The predicted octanol–water partition coefficient (Wildman–Crippen LogP) is 2.15. The van der Waals surface area contributed by atoms with Crippen LogP contribution in [0.5, 0.6) is 0 Å². The molecule has 0 atom stereocenters. The number of rotatable bonds is 5. The minimum Gasteiger partial charge on any atom is -0.330 e. The van der Waals surface area contributed by atoms with Gasteiger partial charge in [0.2, 0.25) is 0 Å². The summed E-state index contributed by atoms with van der Waals surface area (Å²) in [6.07, 6.45) is 1.08. The lowest BCUT2D eigenvalue weighted by molar-refractivity contribution is 0.324. The zero-order chi connectivity index (χ0) is 10.6. The highest BCUT2D eigenvalue weighted by molar-refractivity contribution is 7.12. The highest BCUT2D eigenvalue weighted by Crippen LogP contribution is 2.21. The van der Waals surface area contributed by atoms with E-state index in [0.29, 0.717) is 0 Å². The fraction of sp³-hybridized carbons (Fsp3) is 0.636. The number of hydrogen-bond acceptors (Lipinski definition) is 3. The molecule has 0 aliphatic rings. The second kappa shape index (κ2) is 5.49. The third-order valence-electron chi connectivity index (χ3n) is 2.33. The Morgan fingerprint density at radius 1 is 1.43 bits per heavy atom. The molecule has 0 spiro atoms. The van der Waals surface area contributed by atoms with Gasteiger partial charge in [-0.05, 0) is 52.0 Å². The number of hydrogen-bond donors (Lipinski definition) is 1. The molecule has 2 N–H and O–H groups in total. The van der Waals surface area contributed by atoms with Gasteiger partial charge in [-0.15, -0.1) is 11.3 Å². The van der Waals surface area contributed by atoms with Gasteiger partial charge in [0, 0.05) is 16.3 Å². The van der Waals surface area contributed by atoms with Crippen LogP contribution in [0.15, 0.2) is 6.07 Å². The van der Waals surface area contributed by atoms with Crippen LogP contribution in [0.1, 0.15) is 21.7 Å². The fourth-order valence-electron chi connectivity index (χ4n) is 1.57. The Morgan fingerprint density at radius 2 is 2.14 bits per heavy atom. The summed E-state index contributed by atoms with van der Waals surface area (Å²) in [5, 5.41) is 0. The van der Waals surface area contributed by atoms with Crippen molar-refractivity contribution in [3.63, 3.8) is 0 Å². The molecule has 0 unspecified atom stereocenters. The fourth-order valence-corrected chi connectivity index (χ4v) is 2.51. The van der Waals surface area contributed by atoms with Crippen molar-refractivity contribution in [1.82, 2.24) is 4.90 Å². The van der Waals surface area contributed by atoms with E-state index in [0.717, 1.165) is 26.1 Å². The van der Waals surface area contributed by atoms with Crippen molar-refractivity contribution in [3.05, 3.63) is 21.4 Å². The van der Waals surface area contributed by atoms with Crippen LogP contribution in [0.3, 0.4) is 0 Å². The van der Waals surface area contributed by atoms with E-state index >= 15 is 0 Å². The van der Waals surface area contributed by atoms with E-state index in [9.17, 15) is 0 Å². The van der Waals surface area contributed by atoms with Gasteiger partial charge in [0.05, 0.1) is 0 Å². The van der Waals surface area contributed by atoms with Crippen LogP contribution in [0.4, 0.5) is 0 Å². The molecule has 1 rings (SSSR count). The van der Waals surface area contributed by atoms with Crippen molar-refractivity contribution < 1.29 is 0 Å². The monoisotopic (exact) mass is 212 g/mol. The molecule has 0 saturated heterocycles. The third-order valence-corrected chi connectivity index (χ3v) is 3.34. The van der Waals surface area contributed by atoms with E-state index in [1.807, 2.05) is 11.3 Å². The van der Waals surface area contributed by atoms with Gasteiger partial charge >= 0.3 is 0 Å². The Labute approximate surface area is 90.7 Å². The van der Waals surface area contributed by atoms with Crippen LogP contribution in [-0.2, 0) is 6.54 Å². The van der Waals surface area contributed by atoms with Crippen molar-refractivity contribution in [1.29, 1.82) is 0 Å². The van der Waals surface area contributed by atoms with Gasteiger partial charge < -0.3 is 10.6 Å². The summed E-state index contributed by atoms with van der Waals surface area (Å²) in [5.41, 5.74) is 6.94. The molecule has 2 nitrogen and oxygen atoms in total. The number of thiophene rings is 1. The molecule has 1 heterocycles. The third kappa shape index (κ3) is 3.40. The Morgan fingerprint density at radius 3 is 2.64 bits per heavy atom. The van der Waals surface area contributed by atoms with Gasteiger partial charge in [-0.2, -0.15) is 0 Å². The average molecular weight is 212 g/mol. The number of nitrogens with zero attached hydrogens (tertiary/aromatic N) is 1. The van der Waals surface area contributed by atoms with E-state index in [2.05, 4.69) is 31.9 Å². The lowest BCUT2D eigenvalue weighted by Crippen LogP contribution is -2.21. The van der Waals surface area contributed by atoms with E-state index in [1.54, 1.807) is 0 Å². The molecule has 80 valence electrons. The first-order valence-corrected chi connectivity index (χ1v) is 5.89. The molecular weight excluding hydrogens is 192 g/mol. The van der Waals surface area contributed by atoms with Crippen molar-refractivity contribution in [3.8, 4) is 0 Å². The van der Waals surface area contributed by atoms with Gasteiger partial charge in [0.15, 0.2) is 0 Å². The Kier molecular flexibility index (Phi) is 4.58. The Hall–Kier alpha value is -0.380. The molecule has 1 aromatic heterocycles. The van der Waals surface area contributed by atoms with Gasteiger partial charge in [-0.25, -0.2) is 0 Å². The molecule has 1 aromatic rings. The standard InChI is InChI=1S/C11H20N2S/c1-9-7-11(10(2)14-9)8-13(3)6-4-5-12/h7H,4-6,8,12H2,1-3H3. The van der Waals surface area contributed by atoms with E-state index in [4.69, 9.17) is 5.73 Å². The molecule has 0 bridgehead atoms. The van der Waals surface area contributed by atoms with Crippen LogP contribution in [0, 0.1) is 13.8 Å². The van der Waals surface area contributed by atoms with Crippen molar-refractivity contribution >= 4 is 11.3 Å². The summed E-state index contributed by atoms with van der Waals surface area (Å²) in [7, 11) is 2.15. The summed E-state index contributed by atoms with van der Waals surface area (Å²) in [4.78, 5) is 5.19. The minimum absolute atomic E-state index is 0.784. The lowest BCUT2D eigenvalue weighted by atomic mass is 10.2. The summed E-state index contributed by atoms with van der Waals surface area (Å²) in [5.74, 6) is 0. The molecule has 0 amide bonds. The summed E-state index contributed by atoms with van der Waals surface area (Å²) >= 11 is 1.88. The van der Waals surface area contributed by atoms with Crippen molar-refractivity contribution in [2.75, 3.05) is 20.1 Å². The maximum Gasteiger partial charge on any atom is 0.0241 e. The number of nitrogens with two attached hydrogens (primary N) is 1. The van der Waals surface area contributed by atoms with E-state index < -0.39 is 0 Å². The van der Waals surface area contributed by atoms with Gasteiger partial charge in [0.1, 0.15) is 0 Å². The molecular formula is C11H20N2S. The first kappa shape index (κ1) is 11.7. The van der Waals surface area contributed by atoms with Gasteiger partial charge in [-0.3, -0.25) is 0 Å². The molecule has 0 fully saturated rings. The molecule has 0 saturated carbocycles. The van der Waals surface area contributed by atoms with Crippen molar-refractivity contribution in [2.45, 2.75) is 26.8 Å². The first-order valence-electron chi connectivity index (χ1n) is 5.08. The second-order valence-electron chi connectivity index (χ2n) is 3.82. The van der Waals surface area contributed by atoms with Crippen LogP contribution in [-0.4, -0.2) is 25.0 Å². The molecule has 14 heavy (non-hydrogen) atoms. The molecule has 0 aliphatic heterocycles. The lowest BCUT2D eigenvalue weighted by Gasteiger charge is -2.15. The van der Waals surface area contributed by atoms with E-state index in [1.165, 1.54) is 15.3 Å². The van der Waals surface area contributed by atoms with Crippen LogP contribution in [0.25, 0.3) is 0 Å². The number of aryl methyl sites for hydroxylation is 2. The van der Waals surface area contributed by atoms with Crippen molar-refractivity contribution in [2.24, 2.45) is 5.73 Å². The van der Waals surface area contributed by atoms with Crippen LogP contribution < -0.4 is 5.73 Å². The average Bonchev–Trinajstić information content (AvgIpc) is 2.42. The smallest absolute Gasteiger partial charge is 0.0241 e. The Bertz CT molecular complexity index is 281. The predicted molar refractivity (Wildman–Crippen MR) is 63.8 cm³/mol. The van der Waals surface area contributed by atoms with Gasteiger partial charge in [0.25, 0.3) is 0 Å². The maximum absolute atomic E-state index is 5.48. The molecule has 0 aromatic carbocycles. The first-order chi connectivity index (χ1) is 6.63.